The standard InChI is InChI=1S/C15H13Cl2F2N5O2/c1-8(25-15-22-5-9(16)6-23-15)12(24-20)7-21-10-2-3-11(17)13(4-10)26-14(18)19/h2-8,14H,20H2,1H3/t8-/m0/s1. The molecule has 138 valence electrons. The van der Waals surface area contributed by atoms with E-state index >= 15 is 0 Å². The smallest absolute Gasteiger partial charge is 0.387 e. The van der Waals surface area contributed by atoms with Crippen molar-refractivity contribution in [1.82, 2.24) is 9.97 Å². The molecule has 11 heteroatoms. The summed E-state index contributed by atoms with van der Waals surface area (Å²) in [6, 6.07) is 4.23. The van der Waals surface area contributed by atoms with Gasteiger partial charge in [-0.15, -0.1) is 0 Å². The summed E-state index contributed by atoms with van der Waals surface area (Å²) < 4.78 is 34.5. The molecular weight excluding hydrogens is 391 g/mol. The molecule has 1 heterocycles. The van der Waals surface area contributed by atoms with Crippen LogP contribution >= 0.6 is 23.2 Å². The summed E-state index contributed by atoms with van der Waals surface area (Å²) in [4.78, 5) is 11.9. The summed E-state index contributed by atoms with van der Waals surface area (Å²) in [5.41, 5.74) is 0.566. The molecule has 0 aliphatic rings. The molecule has 2 aromatic rings. The molecule has 7 nitrogen and oxygen atoms in total. The lowest BCUT2D eigenvalue weighted by Gasteiger charge is -2.12. The number of nitrogens with two attached hydrogens (primary N) is 1. The fourth-order valence-electron chi connectivity index (χ4n) is 1.72. The number of alkyl halides is 2. The molecule has 2 N–H and O–H groups in total. The van der Waals surface area contributed by atoms with Crippen LogP contribution in [0, 0.1) is 0 Å². The van der Waals surface area contributed by atoms with Crippen LogP contribution in [0.1, 0.15) is 6.92 Å². The quantitative estimate of drug-likeness (QED) is 0.430. The van der Waals surface area contributed by atoms with Gasteiger partial charge in [0.2, 0.25) is 0 Å². The Labute approximate surface area is 157 Å². The predicted molar refractivity (Wildman–Crippen MR) is 95.0 cm³/mol. The van der Waals surface area contributed by atoms with Gasteiger partial charge in [0.05, 0.1) is 34.3 Å². The number of rotatable bonds is 7. The minimum Gasteiger partial charge on any atom is -0.454 e. The normalized spacial score (nSPS) is 13.2. The number of nitrogens with zero attached hydrogens (tertiary/aromatic N) is 4. The molecule has 26 heavy (non-hydrogen) atoms. The first-order valence-corrected chi connectivity index (χ1v) is 7.85. The molecule has 0 fully saturated rings. The fraction of sp³-hybridized carbons (Fsp3) is 0.200. The lowest BCUT2D eigenvalue weighted by Crippen LogP contribution is -2.27. The fourth-order valence-corrected chi connectivity index (χ4v) is 1.98. The molecule has 0 saturated heterocycles. The Morgan fingerprint density at radius 3 is 2.54 bits per heavy atom. The molecule has 0 saturated carbocycles. The summed E-state index contributed by atoms with van der Waals surface area (Å²) in [5.74, 6) is 5.15. The van der Waals surface area contributed by atoms with E-state index in [9.17, 15) is 8.78 Å². The highest BCUT2D eigenvalue weighted by atomic mass is 35.5. The van der Waals surface area contributed by atoms with Crippen molar-refractivity contribution < 1.29 is 18.3 Å². The van der Waals surface area contributed by atoms with Crippen molar-refractivity contribution in [1.29, 1.82) is 0 Å². The second-order valence-corrected chi connectivity index (χ2v) is 5.59. The van der Waals surface area contributed by atoms with Gasteiger partial charge >= 0.3 is 12.6 Å². The number of aromatic nitrogens is 2. The van der Waals surface area contributed by atoms with Crippen LogP contribution in [0.2, 0.25) is 10.0 Å². The van der Waals surface area contributed by atoms with Crippen LogP contribution < -0.4 is 15.3 Å². The Bertz CT molecular complexity index is 803. The van der Waals surface area contributed by atoms with Crippen LogP contribution in [0.5, 0.6) is 11.8 Å². The first kappa shape index (κ1) is 19.8. The largest absolute Gasteiger partial charge is 0.454 e. The monoisotopic (exact) mass is 403 g/mol. The summed E-state index contributed by atoms with van der Waals surface area (Å²) in [6.45, 7) is -1.34. The van der Waals surface area contributed by atoms with Crippen molar-refractivity contribution in [2.24, 2.45) is 15.9 Å². The van der Waals surface area contributed by atoms with Crippen LogP contribution in [0.3, 0.4) is 0 Å². The predicted octanol–water partition coefficient (Wildman–Crippen LogP) is 3.87. The second kappa shape index (κ2) is 9.25. The minimum atomic E-state index is -3.00. The van der Waals surface area contributed by atoms with Crippen molar-refractivity contribution in [2.75, 3.05) is 0 Å². The van der Waals surface area contributed by atoms with Crippen molar-refractivity contribution >= 4 is 40.8 Å². The van der Waals surface area contributed by atoms with Gasteiger partial charge in [-0.1, -0.05) is 23.2 Å². The number of aliphatic imine (C=N–C) groups is 1. The molecule has 0 bridgehead atoms. The van der Waals surface area contributed by atoms with E-state index in [-0.39, 0.29) is 22.5 Å². The lowest BCUT2D eigenvalue weighted by molar-refractivity contribution is -0.0497. The Morgan fingerprint density at radius 1 is 1.23 bits per heavy atom. The molecule has 0 spiro atoms. The second-order valence-electron chi connectivity index (χ2n) is 4.75. The van der Waals surface area contributed by atoms with E-state index in [1.54, 1.807) is 6.92 Å². The maximum Gasteiger partial charge on any atom is 0.387 e. The van der Waals surface area contributed by atoms with Gasteiger partial charge in [-0.3, -0.25) is 4.99 Å². The van der Waals surface area contributed by atoms with E-state index in [2.05, 4.69) is 24.8 Å². The first-order chi connectivity index (χ1) is 12.4. The van der Waals surface area contributed by atoms with E-state index in [1.807, 2.05) is 0 Å². The van der Waals surface area contributed by atoms with Crippen LogP contribution in [0.25, 0.3) is 0 Å². The Hall–Kier alpha value is -2.52. The lowest BCUT2D eigenvalue weighted by atomic mass is 10.2. The average Bonchev–Trinajstić information content (AvgIpc) is 2.59. The number of halogens is 4. The third-order valence-corrected chi connectivity index (χ3v) is 3.43. The molecule has 0 aliphatic heterocycles. The molecule has 0 amide bonds. The van der Waals surface area contributed by atoms with E-state index in [0.717, 1.165) is 0 Å². The number of ether oxygens (including phenoxy) is 2. The highest BCUT2D eigenvalue weighted by Gasteiger charge is 2.13. The Balaban J connectivity index is 2.10. The highest BCUT2D eigenvalue weighted by Crippen LogP contribution is 2.30. The molecule has 1 aromatic heterocycles. The molecule has 1 aromatic carbocycles. The third kappa shape index (κ3) is 5.78. The maximum absolute atomic E-state index is 12.3. The van der Waals surface area contributed by atoms with Gasteiger partial charge < -0.3 is 15.3 Å². The topological polar surface area (TPSA) is 95.0 Å². The number of hydrogen-bond donors (Lipinski definition) is 1. The Morgan fingerprint density at radius 2 is 1.92 bits per heavy atom. The summed E-state index contributed by atoms with van der Waals surface area (Å²) in [6.07, 6.45) is 3.44. The van der Waals surface area contributed by atoms with Crippen molar-refractivity contribution in [3.8, 4) is 11.8 Å². The van der Waals surface area contributed by atoms with Crippen LogP contribution in [-0.2, 0) is 0 Å². The summed E-state index contributed by atoms with van der Waals surface area (Å²) >= 11 is 11.5. The average molecular weight is 404 g/mol. The van der Waals surface area contributed by atoms with Gasteiger partial charge in [0.1, 0.15) is 17.6 Å². The van der Waals surface area contributed by atoms with Gasteiger partial charge in [0, 0.05) is 6.07 Å². The van der Waals surface area contributed by atoms with Gasteiger partial charge in [0.25, 0.3) is 0 Å². The molecule has 0 aliphatic carbocycles. The van der Waals surface area contributed by atoms with Crippen LogP contribution in [0.4, 0.5) is 14.5 Å². The van der Waals surface area contributed by atoms with Crippen molar-refractivity contribution in [2.45, 2.75) is 19.6 Å². The zero-order valence-electron chi connectivity index (χ0n) is 13.3. The SMILES string of the molecule is C[C@H](Oc1ncc(Cl)cn1)C(C=Nc1ccc(Cl)c(OC(F)F)c1)=NN. The molecule has 0 radical (unpaired) electrons. The summed E-state index contributed by atoms with van der Waals surface area (Å²) in [5, 5.41) is 3.99. The third-order valence-electron chi connectivity index (χ3n) is 2.92. The minimum absolute atomic E-state index is 0.0357. The zero-order valence-corrected chi connectivity index (χ0v) is 14.8. The number of hydrogen-bond acceptors (Lipinski definition) is 7. The van der Waals surface area contributed by atoms with E-state index in [1.165, 1.54) is 36.8 Å². The highest BCUT2D eigenvalue weighted by molar-refractivity contribution is 6.33. The van der Waals surface area contributed by atoms with Crippen molar-refractivity contribution in [3.63, 3.8) is 0 Å². The van der Waals surface area contributed by atoms with Gasteiger partial charge in [-0.05, 0) is 19.1 Å². The number of benzene rings is 1. The van der Waals surface area contributed by atoms with Crippen LogP contribution in [-0.4, -0.2) is 34.6 Å². The Kier molecular flexibility index (Phi) is 7.05. The molecule has 2 rings (SSSR count). The van der Waals surface area contributed by atoms with E-state index in [0.29, 0.717) is 10.7 Å². The zero-order chi connectivity index (χ0) is 19.1. The molecular formula is C15H13Cl2F2N5O2. The van der Waals surface area contributed by atoms with Crippen molar-refractivity contribution in [3.05, 3.63) is 40.6 Å². The molecule has 1 atom stereocenters. The maximum atomic E-state index is 12.3. The summed E-state index contributed by atoms with van der Waals surface area (Å²) in [7, 11) is 0. The van der Waals surface area contributed by atoms with Crippen LogP contribution in [0.15, 0.2) is 40.7 Å². The van der Waals surface area contributed by atoms with E-state index in [4.69, 9.17) is 33.8 Å². The molecule has 0 unspecified atom stereocenters. The van der Waals surface area contributed by atoms with Gasteiger partial charge in [-0.25, -0.2) is 9.97 Å². The number of hydrazone groups is 1. The first-order valence-electron chi connectivity index (χ1n) is 7.09. The van der Waals surface area contributed by atoms with Gasteiger partial charge in [0.15, 0.2) is 0 Å². The van der Waals surface area contributed by atoms with E-state index < -0.39 is 12.7 Å². The van der Waals surface area contributed by atoms with Gasteiger partial charge in [-0.2, -0.15) is 13.9 Å².